The Kier molecular flexibility index (Phi) is 4.16. The number of nitrogens with two attached hydrogens (primary N) is 1. The first kappa shape index (κ1) is 17.6. The molecular formula is C19H24N6O2. The maximum absolute atomic E-state index is 11.8. The predicted octanol–water partition coefficient (Wildman–Crippen LogP) is 1.11. The predicted molar refractivity (Wildman–Crippen MR) is 103 cm³/mol. The molecule has 1 saturated carbocycles. The second kappa shape index (κ2) is 6.40. The highest BCUT2D eigenvalue weighted by atomic mass is 16.3. The lowest BCUT2D eigenvalue weighted by atomic mass is 9.79. The number of aliphatic imine (C=N–C) groups is 1. The number of rotatable bonds is 4. The maximum atomic E-state index is 11.8. The lowest BCUT2D eigenvalue weighted by Crippen LogP contribution is -2.52. The van der Waals surface area contributed by atoms with Gasteiger partial charge >= 0.3 is 0 Å². The summed E-state index contributed by atoms with van der Waals surface area (Å²) in [4.78, 5) is 16.7. The molecule has 1 unspecified atom stereocenters. The Hall–Kier alpha value is -2.84. The van der Waals surface area contributed by atoms with E-state index in [1.807, 2.05) is 48.4 Å². The van der Waals surface area contributed by atoms with Crippen molar-refractivity contribution in [1.82, 2.24) is 15.4 Å². The average Bonchev–Trinajstić information content (AvgIpc) is 2.96. The summed E-state index contributed by atoms with van der Waals surface area (Å²) in [6, 6.07) is 5.80. The quantitative estimate of drug-likeness (QED) is 0.634. The number of nitrogens with zero attached hydrogens (tertiary/aromatic N) is 3. The first-order valence-corrected chi connectivity index (χ1v) is 9.01. The third-order valence-corrected chi connectivity index (χ3v) is 5.45. The number of primary amides is 1. The van der Waals surface area contributed by atoms with Gasteiger partial charge in [-0.3, -0.25) is 15.2 Å². The molecule has 8 nitrogen and oxygen atoms in total. The molecule has 1 aromatic rings. The zero-order chi connectivity index (χ0) is 19.2. The van der Waals surface area contributed by atoms with Crippen LogP contribution in [0.5, 0.6) is 0 Å². The lowest BCUT2D eigenvalue weighted by molar-refractivity contribution is -0.115. The number of hydrogen-bond donors (Lipinski definition) is 4. The van der Waals surface area contributed by atoms with Gasteiger partial charge in [-0.15, -0.1) is 0 Å². The van der Waals surface area contributed by atoms with Crippen LogP contribution in [0, 0.1) is 6.92 Å². The van der Waals surface area contributed by atoms with E-state index in [2.05, 4.69) is 10.9 Å². The van der Waals surface area contributed by atoms with E-state index in [0.29, 0.717) is 5.70 Å². The molecule has 142 valence electrons. The molecule has 1 fully saturated rings. The highest BCUT2D eigenvalue weighted by molar-refractivity contribution is 5.93. The smallest absolute Gasteiger partial charge is 0.266 e. The summed E-state index contributed by atoms with van der Waals surface area (Å²) < 4.78 is 0. The summed E-state index contributed by atoms with van der Waals surface area (Å²) in [6.45, 7) is 2.00. The van der Waals surface area contributed by atoms with Crippen LogP contribution in [0.25, 0.3) is 0 Å². The van der Waals surface area contributed by atoms with Gasteiger partial charge in [-0.2, -0.15) is 5.01 Å². The second-order valence-electron chi connectivity index (χ2n) is 7.14. The van der Waals surface area contributed by atoms with Gasteiger partial charge in [0.05, 0.1) is 12.3 Å². The number of aryl methyl sites for hydroxylation is 1. The van der Waals surface area contributed by atoms with Crippen LogP contribution in [0.1, 0.15) is 30.4 Å². The number of hydrazine groups is 2. The number of carbonyl (C=O) groups is 1. The van der Waals surface area contributed by atoms with Crippen LogP contribution in [0.4, 0.5) is 5.69 Å². The fourth-order valence-corrected chi connectivity index (χ4v) is 4.07. The van der Waals surface area contributed by atoms with Crippen LogP contribution in [-0.2, 0) is 11.4 Å². The summed E-state index contributed by atoms with van der Waals surface area (Å²) in [5, 5.41) is 13.1. The highest BCUT2D eigenvalue weighted by Crippen LogP contribution is 2.47. The number of nitrogens with one attached hydrogen (secondary N) is 2. The normalized spacial score (nSPS) is 24.3. The van der Waals surface area contributed by atoms with Crippen molar-refractivity contribution in [3.05, 3.63) is 52.4 Å². The number of aliphatic hydroxyl groups is 1. The Morgan fingerprint density at radius 3 is 3.00 bits per heavy atom. The summed E-state index contributed by atoms with van der Waals surface area (Å²) in [5.41, 5.74) is 16.6. The van der Waals surface area contributed by atoms with Gasteiger partial charge in [0.25, 0.3) is 5.91 Å². The Morgan fingerprint density at radius 2 is 2.26 bits per heavy atom. The molecule has 0 radical (unpaired) electrons. The molecule has 2 aliphatic heterocycles. The van der Waals surface area contributed by atoms with Gasteiger partial charge in [-0.05, 0) is 49.0 Å². The van der Waals surface area contributed by atoms with Crippen LogP contribution in [-0.4, -0.2) is 40.1 Å². The Morgan fingerprint density at radius 1 is 1.44 bits per heavy atom. The SMILES string of the molecule is Cc1ccc(CO)cc1NN1C=NC23C(=C1)CCCC2=C(C(N)=O)NN3C. The molecule has 0 aromatic heterocycles. The zero-order valence-electron chi connectivity index (χ0n) is 15.5. The number of likely N-dealkylation sites (N-methyl/N-ethyl adjacent to an activating group) is 1. The van der Waals surface area contributed by atoms with Crippen molar-refractivity contribution in [3.8, 4) is 0 Å². The number of carbonyl (C=O) groups excluding carboxylic acids is 1. The largest absolute Gasteiger partial charge is 0.392 e. The van der Waals surface area contributed by atoms with Gasteiger partial charge in [-0.25, -0.2) is 4.99 Å². The molecule has 3 aliphatic rings. The molecule has 0 bridgehead atoms. The van der Waals surface area contributed by atoms with Crippen molar-refractivity contribution in [2.45, 2.75) is 38.5 Å². The van der Waals surface area contributed by atoms with E-state index < -0.39 is 11.6 Å². The molecule has 1 amide bonds. The van der Waals surface area contributed by atoms with Crippen LogP contribution in [0.2, 0.25) is 0 Å². The van der Waals surface area contributed by atoms with Gasteiger partial charge in [0.15, 0.2) is 5.66 Å². The third-order valence-electron chi connectivity index (χ3n) is 5.45. The minimum Gasteiger partial charge on any atom is -0.392 e. The molecule has 8 heteroatoms. The van der Waals surface area contributed by atoms with Gasteiger partial charge in [0.2, 0.25) is 0 Å². The minimum absolute atomic E-state index is 0.00619. The van der Waals surface area contributed by atoms with Gasteiger partial charge in [0.1, 0.15) is 12.0 Å². The zero-order valence-corrected chi connectivity index (χ0v) is 15.5. The van der Waals surface area contributed by atoms with Gasteiger partial charge in [-0.1, -0.05) is 12.1 Å². The molecular weight excluding hydrogens is 344 g/mol. The van der Waals surface area contributed by atoms with Crippen molar-refractivity contribution < 1.29 is 9.90 Å². The molecule has 5 N–H and O–H groups in total. The Bertz CT molecular complexity index is 890. The third kappa shape index (κ3) is 2.68. The van der Waals surface area contributed by atoms with E-state index in [9.17, 15) is 9.90 Å². The first-order valence-electron chi connectivity index (χ1n) is 9.01. The first-order chi connectivity index (χ1) is 13.0. The molecule has 4 rings (SSSR count). The molecule has 1 spiro atoms. The van der Waals surface area contributed by atoms with Crippen molar-refractivity contribution >= 4 is 17.9 Å². The van der Waals surface area contributed by atoms with Crippen molar-refractivity contribution in [1.29, 1.82) is 0 Å². The number of amides is 1. The van der Waals surface area contributed by atoms with E-state index >= 15 is 0 Å². The van der Waals surface area contributed by atoms with E-state index in [1.54, 1.807) is 6.34 Å². The van der Waals surface area contributed by atoms with Crippen LogP contribution >= 0.6 is 0 Å². The molecule has 1 aromatic carbocycles. The van der Waals surface area contributed by atoms with Crippen LogP contribution in [0.15, 0.2) is 46.2 Å². The van der Waals surface area contributed by atoms with Crippen molar-refractivity contribution in [3.63, 3.8) is 0 Å². The molecule has 2 heterocycles. The summed E-state index contributed by atoms with van der Waals surface area (Å²) in [7, 11) is 1.88. The Balaban J connectivity index is 1.67. The van der Waals surface area contributed by atoms with Crippen molar-refractivity contribution in [2.75, 3.05) is 12.5 Å². The van der Waals surface area contributed by atoms with Gasteiger partial charge < -0.3 is 16.3 Å². The molecule has 1 aliphatic carbocycles. The highest BCUT2D eigenvalue weighted by Gasteiger charge is 2.52. The van der Waals surface area contributed by atoms with E-state index in [4.69, 9.17) is 10.7 Å². The van der Waals surface area contributed by atoms with Crippen molar-refractivity contribution in [2.24, 2.45) is 10.7 Å². The lowest BCUT2D eigenvalue weighted by Gasteiger charge is -2.42. The average molecular weight is 368 g/mol. The molecule has 27 heavy (non-hydrogen) atoms. The number of anilines is 1. The second-order valence-corrected chi connectivity index (χ2v) is 7.14. The standard InChI is InChI=1S/C19H24N6O2/c1-12-6-7-13(10-26)8-16(12)22-25-9-14-4-3-5-15-17(18(20)27)23-24(2)19(14,15)21-11-25/h6-9,11,22-23,26H,3-5,10H2,1-2H3,(H2,20,27). The van der Waals surface area contributed by atoms with E-state index in [1.165, 1.54) is 0 Å². The monoisotopic (exact) mass is 368 g/mol. The fourth-order valence-electron chi connectivity index (χ4n) is 4.07. The summed E-state index contributed by atoms with van der Waals surface area (Å²) in [6.07, 6.45) is 6.36. The van der Waals surface area contributed by atoms with E-state index in [0.717, 1.165) is 47.2 Å². The molecule has 1 atom stereocenters. The number of aliphatic hydroxyl groups excluding tert-OH is 1. The summed E-state index contributed by atoms with van der Waals surface area (Å²) >= 11 is 0. The number of benzene rings is 1. The Labute approximate surface area is 158 Å². The van der Waals surface area contributed by atoms with Gasteiger partial charge in [0, 0.05) is 18.8 Å². The maximum Gasteiger partial charge on any atom is 0.266 e. The minimum atomic E-state index is -0.678. The summed E-state index contributed by atoms with van der Waals surface area (Å²) in [5.74, 6) is -0.456. The van der Waals surface area contributed by atoms with Crippen LogP contribution in [0.3, 0.4) is 0 Å². The van der Waals surface area contributed by atoms with E-state index in [-0.39, 0.29) is 6.61 Å². The topological polar surface area (TPSA) is 106 Å². The fraction of sp³-hybridized carbons (Fsp3) is 0.368. The number of hydrogen-bond acceptors (Lipinski definition) is 7. The molecule has 0 saturated heterocycles. The van der Waals surface area contributed by atoms with Crippen LogP contribution < -0.4 is 16.6 Å².